The molecule has 5 nitrogen and oxygen atoms in total. The van der Waals surface area contributed by atoms with Crippen LogP contribution in [0.4, 0.5) is 0 Å². The largest absolute Gasteiger partial charge is 0.477 e. The lowest BCUT2D eigenvalue weighted by molar-refractivity contribution is -0.129. The van der Waals surface area contributed by atoms with E-state index in [9.17, 15) is 4.79 Å². The molecule has 1 N–H and O–H groups in total. The molecule has 0 aliphatic carbocycles. The Labute approximate surface area is 98.6 Å². The maximum absolute atomic E-state index is 10.6. The van der Waals surface area contributed by atoms with Crippen molar-refractivity contribution in [3.63, 3.8) is 0 Å². The summed E-state index contributed by atoms with van der Waals surface area (Å²) in [7, 11) is 0. The van der Waals surface area contributed by atoms with E-state index in [4.69, 9.17) is 14.7 Å². The number of ether oxygens (including phenoxy) is 1. The zero-order valence-corrected chi connectivity index (χ0v) is 9.20. The number of nitrogens with zero attached hydrogens (tertiary/aromatic N) is 1. The Morgan fingerprint density at radius 3 is 2.88 bits per heavy atom. The van der Waals surface area contributed by atoms with Crippen LogP contribution >= 0.6 is 0 Å². The van der Waals surface area contributed by atoms with E-state index in [0.29, 0.717) is 19.6 Å². The monoisotopic (exact) mass is 235 g/mol. The van der Waals surface area contributed by atoms with Gasteiger partial charge in [0.15, 0.2) is 11.8 Å². The lowest BCUT2D eigenvalue weighted by Gasteiger charge is -2.08. The van der Waals surface area contributed by atoms with Gasteiger partial charge in [0.05, 0.1) is 13.2 Å². The zero-order valence-electron chi connectivity index (χ0n) is 9.20. The standard InChI is InChI=1S/C12H13NO4/c14-12(15)11-6-10(17-13-11)8-16-7-9-4-2-1-3-5-9/h1-5,10H,6-8H2,(H,14,15). The van der Waals surface area contributed by atoms with Crippen molar-refractivity contribution in [2.24, 2.45) is 5.16 Å². The summed E-state index contributed by atoms with van der Waals surface area (Å²) in [5, 5.41) is 12.2. The first kappa shape index (κ1) is 11.6. The van der Waals surface area contributed by atoms with Gasteiger partial charge >= 0.3 is 5.97 Å². The molecule has 0 saturated carbocycles. The SMILES string of the molecule is O=C(O)C1=NOC(COCc2ccccc2)C1. The molecule has 1 aliphatic rings. The summed E-state index contributed by atoms with van der Waals surface area (Å²) >= 11 is 0. The number of rotatable bonds is 5. The Morgan fingerprint density at radius 1 is 1.47 bits per heavy atom. The summed E-state index contributed by atoms with van der Waals surface area (Å²) < 4.78 is 5.44. The van der Waals surface area contributed by atoms with Gasteiger partial charge < -0.3 is 14.7 Å². The molecular formula is C12H13NO4. The van der Waals surface area contributed by atoms with Gasteiger partial charge in [-0.2, -0.15) is 0 Å². The van der Waals surface area contributed by atoms with Gasteiger partial charge in [-0.05, 0) is 5.56 Å². The van der Waals surface area contributed by atoms with Gasteiger partial charge in [0.2, 0.25) is 0 Å². The number of aliphatic carboxylic acids is 1. The van der Waals surface area contributed by atoms with Crippen LogP contribution in [0.15, 0.2) is 35.5 Å². The molecule has 90 valence electrons. The first-order chi connectivity index (χ1) is 8.25. The van der Waals surface area contributed by atoms with Crippen molar-refractivity contribution >= 4 is 11.7 Å². The van der Waals surface area contributed by atoms with E-state index in [1.54, 1.807) is 0 Å². The second kappa shape index (κ2) is 5.45. The molecule has 2 rings (SSSR count). The third-order valence-electron chi connectivity index (χ3n) is 2.40. The molecule has 0 bridgehead atoms. The van der Waals surface area contributed by atoms with E-state index in [-0.39, 0.29) is 11.8 Å². The maximum Gasteiger partial charge on any atom is 0.353 e. The van der Waals surface area contributed by atoms with Crippen molar-refractivity contribution in [1.29, 1.82) is 0 Å². The van der Waals surface area contributed by atoms with Crippen molar-refractivity contribution < 1.29 is 19.5 Å². The fraction of sp³-hybridized carbons (Fsp3) is 0.333. The van der Waals surface area contributed by atoms with Gasteiger partial charge in [-0.15, -0.1) is 0 Å². The molecule has 0 fully saturated rings. The lowest BCUT2D eigenvalue weighted by Crippen LogP contribution is -2.18. The van der Waals surface area contributed by atoms with Crippen molar-refractivity contribution in [2.75, 3.05) is 6.61 Å². The highest BCUT2D eigenvalue weighted by Crippen LogP contribution is 2.12. The van der Waals surface area contributed by atoms with Gasteiger partial charge in [0.1, 0.15) is 0 Å². The van der Waals surface area contributed by atoms with E-state index < -0.39 is 5.97 Å². The smallest absolute Gasteiger partial charge is 0.353 e. The number of carboxylic acids is 1. The molecule has 1 aromatic rings. The lowest BCUT2D eigenvalue weighted by atomic mass is 10.2. The van der Waals surface area contributed by atoms with Crippen LogP contribution in [0.2, 0.25) is 0 Å². The van der Waals surface area contributed by atoms with E-state index in [0.717, 1.165) is 5.56 Å². The van der Waals surface area contributed by atoms with Gasteiger partial charge in [-0.25, -0.2) is 4.79 Å². The predicted molar refractivity (Wildman–Crippen MR) is 60.7 cm³/mol. The Morgan fingerprint density at radius 2 is 2.24 bits per heavy atom. The molecule has 17 heavy (non-hydrogen) atoms. The first-order valence-electron chi connectivity index (χ1n) is 5.33. The normalized spacial score (nSPS) is 18.6. The minimum absolute atomic E-state index is 0.0540. The molecular weight excluding hydrogens is 222 g/mol. The Hall–Kier alpha value is -1.88. The number of carboxylic acid groups (broad SMARTS) is 1. The fourth-order valence-corrected chi connectivity index (χ4v) is 1.53. The topological polar surface area (TPSA) is 68.1 Å². The van der Waals surface area contributed by atoms with Crippen molar-refractivity contribution in [2.45, 2.75) is 19.1 Å². The summed E-state index contributed by atoms with van der Waals surface area (Å²) in [6.07, 6.45) is 0.00855. The Bertz CT molecular complexity index is 416. The second-order valence-corrected chi connectivity index (χ2v) is 3.78. The Kier molecular flexibility index (Phi) is 3.72. The molecule has 5 heteroatoms. The summed E-state index contributed by atoms with van der Waals surface area (Å²) in [4.78, 5) is 15.5. The second-order valence-electron chi connectivity index (χ2n) is 3.78. The molecule has 0 amide bonds. The number of benzene rings is 1. The van der Waals surface area contributed by atoms with Crippen LogP contribution < -0.4 is 0 Å². The highest BCUT2D eigenvalue weighted by Gasteiger charge is 2.25. The number of oxime groups is 1. The van der Waals surface area contributed by atoms with Gasteiger partial charge in [0.25, 0.3) is 0 Å². The fourth-order valence-electron chi connectivity index (χ4n) is 1.53. The van der Waals surface area contributed by atoms with Crippen LogP contribution in [0.1, 0.15) is 12.0 Å². The van der Waals surface area contributed by atoms with E-state index in [1.807, 2.05) is 30.3 Å². The molecule has 0 spiro atoms. The van der Waals surface area contributed by atoms with Crippen molar-refractivity contribution in [1.82, 2.24) is 0 Å². The van der Waals surface area contributed by atoms with Crippen LogP contribution in [-0.4, -0.2) is 29.5 Å². The molecule has 0 saturated heterocycles. The Balaban J connectivity index is 1.70. The molecule has 1 aliphatic heterocycles. The van der Waals surface area contributed by atoms with Gasteiger partial charge in [-0.3, -0.25) is 0 Å². The molecule has 0 aromatic heterocycles. The highest BCUT2D eigenvalue weighted by molar-refractivity contribution is 6.35. The summed E-state index contributed by atoms with van der Waals surface area (Å²) in [5.41, 5.74) is 1.13. The van der Waals surface area contributed by atoms with Crippen LogP contribution in [0.25, 0.3) is 0 Å². The summed E-state index contributed by atoms with van der Waals surface area (Å²) in [6.45, 7) is 0.832. The van der Waals surface area contributed by atoms with Crippen LogP contribution in [-0.2, 0) is 21.0 Å². The molecule has 0 radical (unpaired) electrons. The minimum atomic E-state index is -1.03. The molecule has 1 aromatic carbocycles. The van der Waals surface area contributed by atoms with Crippen LogP contribution in [0, 0.1) is 0 Å². The van der Waals surface area contributed by atoms with Crippen molar-refractivity contribution in [3.8, 4) is 0 Å². The van der Waals surface area contributed by atoms with Gasteiger partial charge in [0, 0.05) is 6.42 Å². The average molecular weight is 235 g/mol. The predicted octanol–water partition coefficient (Wildman–Crippen LogP) is 1.43. The highest BCUT2D eigenvalue weighted by atomic mass is 16.7. The quantitative estimate of drug-likeness (QED) is 0.838. The third-order valence-corrected chi connectivity index (χ3v) is 2.40. The maximum atomic E-state index is 10.6. The first-order valence-corrected chi connectivity index (χ1v) is 5.33. The van der Waals surface area contributed by atoms with Crippen LogP contribution in [0.5, 0.6) is 0 Å². The van der Waals surface area contributed by atoms with Crippen molar-refractivity contribution in [3.05, 3.63) is 35.9 Å². The van der Waals surface area contributed by atoms with E-state index >= 15 is 0 Å². The number of hydrogen-bond acceptors (Lipinski definition) is 4. The minimum Gasteiger partial charge on any atom is -0.477 e. The summed E-state index contributed by atoms with van der Waals surface area (Å²) in [5.74, 6) is -1.03. The molecule has 1 atom stereocenters. The zero-order chi connectivity index (χ0) is 12.1. The summed E-state index contributed by atoms with van der Waals surface area (Å²) in [6, 6.07) is 9.76. The number of hydrogen-bond donors (Lipinski definition) is 1. The van der Waals surface area contributed by atoms with E-state index in [2.05, 4.69) is 5.16 Å². The molecule has 1 unspecified atom stereocenters. The van der Waals surface area contributed by atoms with Gasteiger partial charge in [-0.1, -0.05) is 35.5 Å². The molecule has 1 heterocycles. The third kappa shape index (κ3) is 3.29. The average Bonchev–Trinajstić information content (AvgIpc) is 2.79. The van der Waals surface area contributed by atoms with Crippen LogP contribution in [0.3, 0.4) is 0 Å². The van der Waals surface area contributed by atoms with E-state index in [1.165, 1.54) is 0 Å². The number of carbonyl (C=O) groups is 1.